The molecule has 3 rings (SSSR count). The first kappa shape index (κ1) is 13.3. The maximum absolute atomic E-state index is 6.32. The molecule has 0 aliphatic carbocycles. The number of benzene rings is 1. The fourth-order valence-corrected chi connectivity index (χ4v) is 3.88. The molecule has 3 nitrogen and oxygen atoms in total. The zero-order valence-corrected chi connectivity index (χ0v) is 12.6. The first-order valence-electron chi connectivity index (χ1n) is 6.74. The van der Waals surface area contributed by atoms with Crippen LogP contribution in [-0.4, -0.2) is 33.6 Å². The Morgan fingerprint density at radius 2 is 2.42 bits per heavy atom. The second kappa shape index (κ2) is 5.73. The number of nitrogens with zero attached hydrogens (tertiary/aromatic N) is 2. The lowest BCUT2D eigenvalue weighted by molar-refractivity contribution is 0.537. The van der Waals surface area contributed by atoms with Gasteiger partial charge in [0.25, 0.3) is 0 Å². The van der Waals surface area contributed by atoms with E-state index in [1.54, 1.807) is 0 Å². The normalized spacial score (nSPS) is 20.0. The van der Waals surface area contributed by atoms with Crippen LogP contribution in [-0.2, 0) is 13.0 Å². The Balaban J connectivity index is 1.96. The summed E-state index contributed by atoms with van der Waals surface area (Å²) in [7, 11) is 0. The molecule has 1 fully saturated rings. The van der Waals surface area contributed by atoms with Gasteiger partial charge in [0.1, 0.15) is 5.82 Å². The summed E-state index contributed by atoms with van der Waals surface area (Å²) in [6.45, 7) is 4.16. The summed E-state index contributed by atoms with van der Waals surface area (Å²) in [5.74, 6) is 3.53. The predicted octanol–water partition coefficient (Wildman–Crippen LogP) is 2.96. The molecule has 1 saturated heterocycles. The van der Waals surface area contributed by atoms with E-state index in [2.05, 4.69) is 16.8 Å². The van der Waals surface area contributed by atoms with Crippen LogP contribution in [0.3, 0.4) is 0 Å². The van der Waals surface area contributed by atoms with Gasteiger partial charge in [-0.25, -0.2) is 4.98 Å². The number of thioether (sulfide) groups is 1. The first-order valence-corrected chi connectivity index (χ1v) is 8.27. The molecule has 0 spiro atoms. The van der Waals surface area contributed by atoms with Gasteiger partial charge in [-0.15, -0.1) is 0 Å². The lowest BCUT2D eigenvalue weighted by Crippen LogP contribution is -2.39. The van der Waals surface area contributed by atoms with Gasteiger partial charge in [-0.2, -0.15) is 11.8 Å². The van der Waals surface area contributed by atoms with Crippen molar-refractivity contribution in [1.29, 1.82) is 0 Å². The minimum absolute atomic E-state index is 0.527. The Hall–Kier alpha value is -0.710. The molecule has 0 radical (unpaired) electrons. The van der Waals surface area contributed by atoms with E-state index in [9.17, 15) is 0 Å². The van der Waals surface area contributed by atoms with Gasteiger partial charge in [0, 0.05) is 37.1 Å². The monoisotopic (exact) mass is 295 g/mol. The van der Waals surface area contributed by atoms with E-state index in [0.717, 1.165) is 41.4 Å². The molecule has 1 aliphatic rings. The number of nitrogens with one attached hydrogen (secondary N) is 1. The zero-order valence-electron chi connectivity index (χ0n) is 11.0. The maximum atomic E-state index is 6.32. The Labute approximate surface area is 122 Å². The molecule has 1 aromatic heterocycles. The number of imidazole rings is 1. The summed E-state index contributed by atoms with van der Waals surface area (Å²) in [5, 5.41) is 4.37. The van der Waals surface area contributed by atoms with Crippen molar-refractivity contribution < 1.29 is 0 Å². The summed E-state index contributed by atoms with van der Waals surface area (Å²) < 4.78 is 2.25. The smallest absolute Gasteiger partial charge is 0.111 e. The van der Waals surface area contributed by atoms with Gasteiger partial charge < -0.3 is 9.88 Å². The topological polar surface area (TPSA) is 29.9 Å². The van der Waals surface area contributed by atoms with Crippen molar-refractivity contribution in [2.24, 2.45) is 0 Å². The number of halogens is 1. The van der Waals surface area contributed by atoms with E-state index in [-0.39, 0.29) is 0 Å². The molecule has 5 heteroatoms. The number of hydrogen-bond donors (Lipinski definition) is 1. The van der Waals surface area contributed by atoms with Crippen molar-refractivity contribution >= 4 is 34.4 Å². The van der Waals surface area contributed by atoms with E-state index in [0.29, 0.717) is 6.04 Å². The fourth-order valence-electron chi connectivity index (χ4n) is 2.66. The van der Waals surface area contributed by atoms with Crippen molar-refractivity contribution in [3.63, 3.8) is 0 Å². The lowest BCUT2D eigenvalue weighted by Gasteiger charge is -2.23. The summed E-state index contributed by atoms with van der Waals surface area (Å²) in [6.07, 6.45) is 0.978. The average Bonchev–Trinajstić information content (AvgIpc) is 2.78. The van der Waals surface area contributed by atoms with Gasteiger partial charge in [0.15, 0.2) is 0 Å². The molecule has 1 unspecified atom stereocenters. The number of hydrogen-bond acceptors (Lipinski definition) is 3. The Morgan fingerprint density at radius 3 is 3.16 bits per heavy atom. The van der Waals surface area contributed by atoms with Crippen molar-refractivity contribution in [1.82, 2.24) is 14.9 Å². The highest BCUT2D eigenvalue weighted by Crippen LogP contribution is 2.25. The highest BCUT2D eigenvalue weighted by atomic mass is 35.5. The summed E-state index contributed by atoms with van der Waals surface area (Å²) in [6, 6.07) is 6.48. The molecule has 1 aromatic carbocycles. The standard InChI is InChI=1S/C14H18ClN3S/c1-2-18-13(8-10-9-19-7-6-16-10)17-12-5-3-4-11(15)14(12)18/h3-5,10,16H,2,6-9H2,1H3. The summed E-state index contributed by atoms with van der Waals surface area (Å²) >= 11 is 8.34. The SMILES string of the molecule is CCn1c(CC2CSCCN2)nc2cccc(Cl)c21. The number of aromatic nitrogens is 2. The van der Waals surface area contributed by atoms with Crippen molar-refractivity contribution in [3.05, 3.63) is 29.0 Å². The van der Waals surface area contributed by atoms with Crippen LogP contribution in [0.2, 0.25) is 5.02 Å². The fraction of sp³-hybridized carbons (Fsp3) is 0.500. The molecular formula is C14H18ClN3S. The second-order valence-electron chi connectivity index (χ2n) is 4.81. The van der Waals surface area contributed by atoms with Crippen LogP contribution in [0.15, 0.2) is 18.2 Å². The van der Waals surface area contributed by atoms with Crippen LogP contribution in [0.25, 0.3) is 11.0 Å². The van der Waals surface area contributed by atoms with Crippen LogP contribution in [0.5, 0.6) is 0 Å². The molecule has 1 aliphatic heterocycles. The van der Waals surface area contributed by atoms with Gasteiger partial charge in [-0.3, -0.25) is 0 Å². The van der Waals surface area contributed by atoms with Crippen LogP contribution < -0.4 is 5.32 Å². The van der Waals surface area contributed by atoms with E-state index in [1.165, 1.54) is 11.5 Å². The Bertz CT molecular complexity index is 575. The van der Waals surface area contributed by atoms with Crippen LogP contribution in [0.1, 0.15) is 12.7 Å². The van der Waals surface area contributed by atoms with E-state index in [1.807, 2.05) is 30.0 Å². The minimum atomic E-state index is 0.527. The predicted molar refractivity (Wildman–Crippen MR) is 83.2 cm³/mol. The number of para-hydroxylation sites is 1. The van der Waals surface area contributed by atoms with Gasteiger partial charge in [-0.05, 0) is 19.1 Å². The van der Waals surface area contributed by atoms with Crippen LogP contribution in [0, 0.1) is 0 Å². The molecule has 0 bridgehead atoms. The molecule has 1 N–H and O–H groups in total. The van der Waals surface area contributed by atoms with Crippen molar-refractivity contribution in [3.8, 4) is 0 Å². The van der Waals surface area contributed by atoms with Crippen molar-refractivity contribution in [2.45, 2.75) is 25.9 Å². The van der Waals surface area contributed by atoms with E-state index < -0.39 is 0 Å². The maximum Gasteiger partial charge on any atom is 0.111 e. The van der Waals surface area contributed by atoms with Gasteiger partial charge in [-0.1, -0.05) is 17.7 Å². The Morgan fingerprint density at radius 1 is 1.53 bits per heavy atom. The van der Waals surface area contributed by atoms with E-state index in [4.69, 9.17) is 16.6 Å². The molecule has 102 valence electrons. The van der Waals surface area contributed by atoms with Crippen LogP contribution in [0.4, 0.5) is 0 Å². The van der Waals surface area contributed by atoms with Crippen molar-refractivity contribution in [2.75, 3.05) is 18.1 Å². The largest absolute Gasteiger partial charge is 0.327 e. The molecule has 0 saturated carbocycles. The third-order valence-electron chi connectivity index (χ3n) is 3.54. The molecular weight excluding hydrogens is 278 g/mol. The highest BCUT2D eigenvalue weighted by molar-refractivity contribution is 7.99. The van der Waals surface area contributed by atoms with E-state index >= 15 is 0 Å². The lowest BCUT2D eigenvalue weighted by atomic mass is 10.2. The Kier molecular flexibility index (Phi) is 4.01. The third kappa shape index (κ3) is 2.62. The van der Waals surface area contributed by atoms with Gasteiger partial charge >= 0.3 is 0 Å². The average molecular weight is 296 g/mol. The van der Waals surface area contributed by atoms with Gasteiger partial charge in [0.05, 0.1) is 16.1 Å². The van der Waals surface area contributed by atoms with Crippen LogP contribution >= 0.6 is 23.4 Å². The highest BCUT2D eigenvalue weighted by Gasteiger charge is 2.18. The summed E-state index contributed by atoms with van der Waals surface area (Å²) in [5.41, 5.74) is 2.08. The minimum Gasteiger partial charge on any atom is -0.327 e. The third-order valence-corrected chi connectivity index (χ3v) is 4.98. The number of aryl methyl sites for hydroxylation is 1. The molecule has 0 amide bonds. The number of fused-ring (bicyclic) bond motifs is 1. The zero-order chi connectivity index (χ0) is 13.2. The first-order chi connectivity index (χ1) is 9.29. The number of rotatable bonds is 3. The molecule has 2 aromatic rings. The molecule has 1 atom stereocenters. The second-order valence-corrected chi connectivity index (χ2v) is 6.37. The quantitative estimate of drug-likeness (QED) is 0.944. The molecule has 19 heavy (non-hydrogen) atoms. The van der Waals surface area contributed by atoms with Gasteiger partial charge in [0.2, 0.25) is 0 Å². The summed E-state index contributed by atoms with van der Waals surface area (Å²) in [4.78, 5) is 4.77. The molecule has 2 heterocycles.